The van der Waals surface area contributed by atoms with Gasteiger partial charge >= 0.3 is 0 Å². The van der Waals surface area contributed by atoms with Gasteiger partial charge in [0, 0.05) is 25.7 Å². The Morgan fingerprint density at radius 3 is 2.81 bits per heavy atom. The number of aryl methyl sites for hydroxylation is 1. The van der Waals surface area contributed by atoms with Crippen molar-refractivity contribution in [1.29, 1.82) is 0 Å². The number of carbonyl (C=O) groups excluding carboxylic acids is 2. The van der Waals surface area contributed by atoms with Crippen molar-refractivity contribution in [1.82, 2.24) is 20.3 Å². The molecule has 2 aromatic heterocycles. The lowest BCUT2D eigenvalue weighted by molar-refractivity contribution is -0.127. The number of nitrogens with zero attached hydrogens (tertiary/aromatic N) is 4. The Kier molecular flexibility index (Phi) is 3.82. The van der Waals surface area contributed by atoms with Crippen molar-refractivity contribution in [3.05, 3.63) is 35.9 Å². The predicted molar refractivity (Wildman–Crippen MR) is 92.8 cm³/mol. The van der Waals surface area contributed by atoms with Gasteiger partial charge in [-0.25, -0.2) is 9.97 Å². The summed E-state index contributed by atoms with van der Waals surface area (Å²) in [7, 11) is 0. The van der Waals surface area contributed by atoms with E-state index in [4.69, 9.17) is 4.74 Å². The van der Waals surface area contributed by atoms with Gasteiger partial charge in [-0.05, 0) is 32.4 Å². The number of pyridine rings is 1. The molecule has 4 heterocycles. The third kappa shape index (κ3) is 2.67. The topological polar surface area (TPSA) is 97.3 Å². The molecule has 2 aliphatic rings. The third-order valence-electron chi connectivity index (χ3n) is 5.06. The first-order valence-corrected chi connectivity index (χ1v) is 8.49. The van der Waals surface area contributed by atoms with E-state index in [2.05, 4.69) is 20.3 Å². The van der Waals surface area contributed by atoms with Gasteiger partial charge in [0.25, 0.3) is 0 Å². The highest BCUT2D eigenvalue weighted by Crippen LogP contribution is 2.40. The van der Waals surface area contributed by atoms with Gasteiger partial charge in [0.05, 0.1) is 16.7 Å². The molecule has 8 nitrogen and oxygen atoms in total. The van der Waals surface area contributed by atoms with E-state index in [-0.39, 0.29) is 18.2 Å². The standard InChI is InChI=1S/C18H19N5O3/c1-11-15(23-7-5-18(9-23)8-14(24)22-17(18)25)20-10-21-16(11)26-13-4-3-6-19-12(13)2/h3-4,6,10H,5,7-9H2,1-2H3,(H,22,24,25)/t18-/m1/s1. The molecule has 8 heteroatoms. The molecule has 1 N–H and O–H groups in total. The van der Waals surface area contributed by atoms with Gasteiger partial charge in [0.2, 0.25) is 17.7 Å². The van der Waals surface area contributed by atoms with Crippen molar-refractivity contribution in [2.45, 2.75) is 26.7 Å². The number of hydrogen-bond donors (Lipinski definition) is 1. The SMILES string of the molecule is Cc1ncccc1Oc1ncnc(N2CC[C@@]3(CC(=O)NC3=O)C2)c1C. The first-order chi connectivity index (χ1) is 12.5. The zero-order valence-corrected chi connectivity index (χ0v) is 14.7. The summed E-state index contributed by atoms with van der Waals surface area (Å²) in [5.74, 6) is 1.44. The summed E-state index contributed by atoms with van der Waals surface area (Å²) >= 11 is 0. The zero-order valence-electron chi connectivity index (χ0n) is 14.7. The van der Waals surface area contributed by atoms with Crippen LogP contribution in [0.4, 0.5) is 5.82 Å². The van der Waals surface area contributed by atoms with Crippen LogP contribution < -0.4 is 15.0 Å². The highest BCUT2D eigenvalue weighted by Gasteiger charge is 2.51. The molecule has 1 spiro atoms. The average molecular weight is 353 g/mol. The molecular formula is C18H19N5O3. The van der Waals surface area contributed by atoms with Crippen LogP contribution in [0.5, 0.6) is 11.6 Å². The van der Waals surface area contributed by atoms with Crippen molar-refractivity contribution in [2.75, 3.05) is 18.0 Å². The summed E-state index contributed by atoms with van der Waals surface area (Å²) in [6.07, 6.45) is 4.03. The number of rotatable bonds is 3. The van der Waals surface area contributed by atoms with Crippen LogP contribution in [0.25, 0.3) is 0 Å². The highest BCUT2D eigenvalue weighted by molar-refractivity contribution is 6.06. The van der Waals surface area contributed by atoms with Crippen LogP contribution in [-0.2, 0) is 9.59 Å². The fourth-order valence-corrected chi connectivity index (χ4v) is 3.60. The van der Waals surface area contributed by atoms with E-state index in [9.17, 15) is 9.59 Å². The van der Waals surface area contributed by atoms with Crippen molar-refractivity contribution < 1.29 is 14.3 Å². The van der Waals surface area contributed by atoms with E-state index < -0.39 is 5.41 Å². The Morgan fingerprint density at radius 1 is 1.23 bits per heavy atom. The zero-order chi connectivity index (χ0) is 18.3. The lowest BCUT2D eigenvalue weighted by Crippen LogP contribution is -2.35. The van der Waals surface area contributed by atoms with Gasteiger partial charge in [-0.2, -0.15) is 0 Å². The first kappa shape index (κ1) is 16.4. The summed E-state index contributed by atoms with van der Waals surface area (Å²) in [6.45, 7) is 4.88. The summed E-state index contributed by atoms with van der Waals surface area (Å²) in [5.41, 5.74) is 0.918. The van der Waals surface area contributed by atoms with Crippen molar-refractivity contribution >= 4 is 17.6 Å². The molecule has 2 amide bonds. The molecule has 134 valence electrons. The Morgan fingerprint density at radius 2 is 2.08 bits per heavy atom. The maximum atomic E-state index is 12.2. The monoisotopic (exact) mass is 353 g/mol. The van der Waals surface area contributed by atoms with Crippen molar-refractivity contribution in [3.8, 4) is 11.6 Å². The number of aromatic nitrogens is 3. The van der Waals surface area contributed by atoms with Crippen LogP contribution in [0.3, 0.4) is 0 Å². The summed E-state index contributed by atoms with van der Waals surface area (Å²) in [4.78, 5) is 38.7. The molecule has 4 rings (SSSR count). The second kappa shape index (κ2) is 6.05. The van der Waals surface area contributed by atoms with E-state index in [0.29, 0.717) is 31.1 Å². The van der Waals surface area contributed by atoms with E-state index in [1.165, 1.54) is 6.33 Å². The van der Waals surface area contributed by atoms with E-state index in [0.717, 1.165) is 17.1 Å². The Bertz CT molecular complexity index is 900. The quantitative estimate of drug-likeness (QED) is 0.836. The molecule has 2 aromatic rings. The largest absolute Gasteiger partial charge is 0.437 e. The molecule has 2 aliphatic heterocycles. The maximum absolute atomic E-state index is 12.2. The molecule has 26 heavy (non-hydrogen) atoms. The van der Waals surface area contributed by atoms with Crippen LogP contribution in [0, 0.1) is 19.3 Å². The van der Waals surface area contributed by atoms with Gasteiger partial charge in [-0.15, -0.1) is 0 Å². The second-order valence-electron chi connectivity index (χ2n) is 6.82. The fraction of sp³-hybridized carbons (Fsp3) is 0.389. The predicted octanol–water partition coefficient (Wildman–Crippen LogP) is 1.52. The summed E-state index contributed by atoms with van der Waals surface area (Å²) in [5, 5.41) is 2.42. The normalized spacial score (nSPS) is 22.2. The summed E-state index contributed by atoms with van der Waals surface area (Å²) < 4.78 is 5.92. The minimum atomic E-state index is -0.643. The Labute approximate surface area is 150 Å². The number of carbonyl (C=O) groups is 2. The van der Waals surface area contributed by atoms with Crippen LogP contribution in [0.1, 0.15) is 24.1 Å². The lowest BCUT2D eigenvalue weighted by Gasteiger charge is -2.23. The second-order valence-corrected chi connectivity index (χ2v) is 6.82. The van der Waals surface area contributed by atoms with E-state index >= 15 is 0 Å². The molecular weight excluding hydrogens is 334 g/mol. The first-order valence-electron chi connectivity index (χ1n) is 8.49. The molecule has 2 fully saturated rings. The maximum Gasteiger partial charge on any atom is 0.235 e. The van der Waals surface area contributed by atoms with Crippen LogP contribution >= 0.6 is 0 Å². The van der Waals surface area contributed by atoms with Crippen LogP contribution in [0.15, 0.2) is 24.7 Å². The molecule has 0 aromatic carbocycles. The molecule has 2 saturated heterocycles. The molecule has 0 saturated carbocycles. The molecule has 0 bridgehead atoms. The minimum absolute atomic E-state index is 0.181. The van der Waals surface area contributed by atoms with Crippen molar-refractivity contribution in [3.63, 3.8) is 0 Å². The van der Waals surface area contributed by atoms with Crippen LogP contribution in [0.2, 0.25) is 0 Å². The van der Waals surface area contributed by atoms with Gasteiger partial charge in [0.15, 0.2) is 5.75 Å². The number of hydrogen-bond acceptors (Lipinski definition) is 7. The fourth-order valence-electron chi connectivity index (χ4n) is 3.60. The molecule has 0 unspecified atom stereocenters. The number of anilines is 1. The number of nitrogens with one attached hydrogen (secondary N) is 1. The third-order valence-corrected chi connectivity index (χ3v) is 5.06. The minimum Gasteiger partial charge on any atom is -0.437 e. The average Bonchev–Trinajstić information content (AvgIpc) is 3.15. The van der Waals surface area contributed by atoms with E-state index in [1.807, 2.05) is 24.8 Å². The highest BCUT2D eigenvalue weighted by atomic mass is 16.5. The molecule has 0 aliphatic carbocycles. The number of amides is 2. The van der Waals surface area contributed by atoms with Gasteiger partial charge in [0.1, 0.15) is 12.1 Å². The smallest absolute Gasteiger partial charge is 0.235 e. The van der Waals surface area contributed by atoms with Crippen molar-refractivity contribution in [2.24, 2.45) is 5.41 Å². The number of ether oxygens (including phenoxy) is 1. The Balaban J connectivity index is 1.60. The van der Waals surface area contributed by atoms with E-state index in [1.54, 1.807) is 12.3 Å². The van der Waals surface area contributed by atoms with Gasteiger partial charge in [-0.1, -0.05) is 0 Å². The lowest BCUT2D eigenvalue weighted by atomic mass is 9.85. The van der Waals surface area contributed by atoms with Gasteiger partial charge < -0.3 is 9.64 Å². The van der Waals surface area contributed by atoms with Gasteiger partial charge in [-0.3, -0.25) is 19.9 Å². The Hall–Kier alpha value is -3.03. The molecule has 1 atom stereocenters. The molecule has 0 radical (unpaired) electrons. The summed E-state index contributed by atoms with van der Waals surface area (Å²) in [6, 6.07) is 3.64. The number of imide groups is 1. The van der Waals surface area contributed by atoms with Crippen LogP contribution in [-0.4, -0.2) is 39.9 Å².